The van der Waals surface area contributed by atoms with Crippen LogP contribution < -0.4 is 0 Å². The molecule has 19 heavy (non-hydrogen) atoms. The second kappa shape index (κ2) is 5.87. The van der Waals surface area contributed by atoms with Crippen LogP contribution in [0.15, 0.2) is 18.2 Å². The zero-order valence-electron chi connectivity index (χ0n) is 9.82. The van der Waals surface area contributed by atoms with Gasteiger partial charge in [0.05, 0.1) is 15.9 Å². The molecule has 0 saturated carbocycles. The molecular formula is C11H11BrN2O4S. The van der Waals surface area contributed by atoms with Crippen LogP contribution in [0, 0.1) is 26.1 Å². The first-order chi connectivity index (χ1) is 8.99. The zero-order valence-corrected chi connectivity index (χ0v) is 12.2. The number of nitro benzene ring substituents is 2. The van der Waals surface area contributed by atoms with Crippen molar-refractivity contribution in [3.05, 3.63) is 44.0 Å². The summed E-state index contributed by atoms with van der Waals surface area (Å²) in [5.41, 5.74) is 0.157. The first kappa shape index (κ1) is 14.3. The van der Waals surface area contributed by atoms with E-state index in [1.807, 2.05) is 0 Å². The lowest BCUT2D eigenvalue weighted by Crippen LogP contribution is -2.15. The van der Waals surface area contributed by atoms with Gasteiger partial charge in [-0.1, -0.05) is 15.9 Å². The molecule has 6 nitrogen and oxygen atoms in total. The molecule has 0 N–H and O–H groups in total. The van der Waals surface area contributed by atoms with Crippen molar-refractivity contribution < 1.29 is 9.85 Å². The van der Waals surface area contributed by atoms with Crippen LogP contribution in [0.3, 0.4) is 0 Å². The molecule has 1 aromatic rings. The minimum atomic E-state index is -0.616. The number of thioether (sulfide) groups is 1. The minimum absolute atomic E-state index is 0.161. The highest BCUT2D eigenvalue weighted by molar-refractivity contribution is 9.09. The monoisotopic (exact) mass is 346 g/mol. The molecule has 0 bridgehead atoms. The van der Waals surface area contributed by atoms with Crippen molar-refractivity contribution in [1.29, 1.82) is 0 Å². The largest absolute Gasteiger partial charge is 0.279 e. The second-order valence-electron chi connectivity index (χ2n) is 4.34. The standard InChI is InChI=1S/C11H11BrN2O4S/c12-10-6-19-5-8(10)3-7-1-2-9(13(15)16)4-11(7)14(17)18/h1-2,4,8,10H,3,5-6H2. The highest BCUT2D eigenvalue weighted by Crippen LogP contribution is 2.35. The molecule has 1 aliphatic rings. The number of rotatable bonds is 4. The van der Waals surface area contributed by atoms with E-state index in [4.69, 9.17) is 0 Å². The maximum atomic E-state index is 11.0. The van der Waals surface area contributed by atoms with Crippen LogP contribution in [0.25, 0.3) is 0 Å². The first-order valence-electron chi connectivity index (χ1n) is 5.62. The number of benzene rings is 1. The fraction of sp³-hybridized carbons (Fsp3) is 0.455. The van der Waals surface area contributed by atoms with E-state index in [-0.39, 0.29) is 11.4 Å². The summed E-state index contributed by atoms with van der Waals surface area (Å²) in [6.07, 6.45) is 0.567. The molecule has 0 aromatic heterocycles. The number of hydrogen-bond donors (Lipinski definition) is 0. The van der Waals surface area contributed by atoms with Gasteiger partial charge in [0.15, 0.2) is 0 Å². The lowest BCUT2D eigenvalue weighted by Gasteiger charge is -2.12. The Morgan fingerprint density at radius 3 is 2.53 bits per heavy atom. The zero-order chi connectivity index (χ0) is 14.0. The van der Waals surface area contributed by atoms with Crippen LogP contribution in [0.1, 0.15) is 5.56 Å². The fourth-order valence-electron chi connectivity index (χ4n) is 2.05. The van der Waals surface area contributed by atoms with E-state index in [9.17, 15) is 20.2 Å². The first-order valence-corrected chi connectivity index (χ1v) is 7.69. The van der Waals surface area contributed by atoms with Gasteiger partial charge in [-0.15, -0.1) is 0 Å². The molecule has 1 fully saturated rings. The Balaban J connectivity index is 2.29. The van der Waals surface area contributed by atoms with Gasteiger partial charge < -0.3 is 0 Å². The quantitative estimate of drug-likeness (QED) is 0.474. The minimum Gasteiger partial charge on any atom is -0.258 e. The third-order valence-electron chi connectivity index (χ3n) is 3.08. The Labute approximate surface area is 122 Å². The Bertz CT molecular complexity index is 525. The lowest BCUT2D eigenvalue weighted by atomic mass is 9.97. The molecule has 1 aliphatic heterocycles. The van der Waals surface area contributed by atoms with E-state index >= 15 is 0 Å². The van der Waals surface area contributed by atoms with Crippen LogP contribution in [0.5, 0.6) is 0 Å². The summed E-state index contributed by atoms with van der Waals surface area (Å²) in [5.74, 6) is 2.26. The van der Waals surface area contributed by atoms with Crippen molar-refractivity contribution in [1.82, 2.24) is 0 Å². The van der Waals surface area contributed by atoms with E-state index < -0.39 is 9.85 Å². The summed E-state index contributed by atoms with van der Waals surface area (Å²) in [6.45, 7) is 0. The van der Waals surface area contributed by atoms with E-state index in [2.05, 4.69) is 15.9 Å². The smallest absolute Gasteiger partial charge is 0.258 e. The lowest BCUT2D eigenvalue weighted by molar-refractivity contribution is -0.394. The van der Waals surface area contributed by atoms with Crippen LogP contribution >= 0.6 is 27.7 Å². The number of nitro groups is 2. The average Bonchev–Trinajstić information content (AvgIpc) is 2.75. The summed E-state index contributed by atoms with van der Waals surface area (Å²) >= 11 is 5.37. The van der Waals surface area contributed by atoms with E-state index in [1.165, 1.54) is 12.1 Å². The van der Waals surface area contributed by atoms with Crippen molar-refractivity contribution in [3.8, 4) is 0 Å². The van der Waals surface area contributed by atoms with Crippen LogP contribution in [-0.2, 0) is 6.42 Å². The normalized spacial score (nSPS) is 22.4. The summed E-state index contributed by atoms with van der Waals surface area (Å²) in [6, 6.07) is 3.87. The van der Waals surface area contributed by atoms with Gasteiger partial charge in [0, 0.05) is 22.2 Å². The van der Waals surface area contributed by atoms with Crippen LogP contribution in [-0.4, -0.2) is 26.2 Å². The average molecular weight is 347 g/mol. The SMILES string of the molecule is O=[N+]([O-])c1ccc(CC2CSCC2Br)c([N+](=O)[O-])c1. The van der Waals surface area contributed by atoms with Gasteiger partial charge in [-0.25, -0.2) is 0 Å². The molecule has 1 saturated heterocycles. The molecule has 0 aliphatic carbocycles. The predicted molar refractivity (Wildman–Crippen MR) is 77.0 cm³/mol. The third-order valence-corrected chi connectivity index (χ3v) is 5.84. The Hall–Kier alpha value is -1.15. The van der Waals surface area contributed by atoms with Gasteiger partial charge in [-0.2, -0.15) is 11.8 Å². The summed E-state index contributed by atoms with van der Waals surface area (Å²) in [4.78, 5) is 20.9. The Morgan fingerprint density at radius 2 is 2.00 bits per heavy atom. The molecule has 0 radical (unpaired) electrons. The summed E-state index contributed by atoms with van der Waals surface area (Å²) in [7, 11) is 0. The van der Waals surface area contributed by atoms with Crippen molar-refractivity contribution in [2.75, 3.05) is 11.5 Å². The summed E-state index contributed by atoms with van der Waals surface area (Å²) in [5, 5.41) is 21.7. The molecule has 0 amide bonds. The molecule has 0 spiro atoms. The number of alkyl halides is 1. The number of non-ortho nitro benzene ring substituents is 1. The van der Waals surface area contributed by atoms with Gasteiger partial charge in [-0.05, 0) is 24.2 Å². The third kappa shape index (κ3) is 3.24. The maximum absolute atomic E-state index is 11.0. The van der Waals surface area contributed by atoms with Crippen molar-refractivity contribution in [2.45, 2.75) is 11.2 Å². The molecule has 1 heterocycles. The maximum Gasteiger partial charge on any atom is 0.279 e. The Kier molecular flexibility index (Phi) is 4.41. The summed E-state index contributed by atoms with van der Waals surface area (Å²) < 4.78 is 0. The van der Waals surface area contributed by atoms with E-state index in [1.54, 1.807) is 11.8 Å². The topological polar surface area (TPSA) is 86.3 Å². The van der Waals surface area contributed by atoms with E-state index in [0.717, 1.165) is 17.6 Å². The molecule has 2 rings (SSSR count). The molecular weight excluding hydrogens is 336 g/mol. The van der Waals surface area contributed by atoms with Crippen molar-refractivity contribution >= 4 is 39.1 Å². The number of halogens is 1. The molecule has 8 heteroatoms. The highest BCUT2D eigenvalue weighted by atomic mass is 79.9. The Morgan fingerprint density at radius 1 is 1.26 bits per heavy atom. The van der Waals surface area contributed by atoms with Crippen LogP contribution in [0.4, 0.5) is 11.4 Å². The second-order valence-corrected chi connectivity index (χ2v) is 6.60. The van der Waals surface area contributed by atoms with Gasteiger partial charge in [0.25, 0.3) is 11.4 Å². The number of nitrogens with zero attached hydrogens (tertiary/aromatic N) is 2. The van der Waals surface area contributed by atoms with Crippen molar-refractivity contribution in [3.63, 3.8) is 0 Å². The van der Waals surface area contributed by atoms with Gasteiger partial charge in [0.2, 0.25) is 0 Å². The van der Waals surface area contributed by atoms with Gasteiger partial charge >= 0.3 is 0 Å². The van der Waals surface area contributed by atoms with Crippen LogP contribution in [0.2, 0.25) is 0 Å². The molecule has 2 atom stereocenters. The molecule has 102 valence electrons. The molecule has 2 unspecified atom stereocenters. The highest BCUT2D eigenvalue weighted by Gasteiger charge is 2.29. The predicted octanol–water partition coefficient (Wildman–Crippen LogP) is 3.17. The molecule has 1 aromatic carbocycles. The number of hydrogen-bond acceptors (Lipinski definition) is 5. The van der Waals surface area contributed by atoms with E-state index in [0.29, 0.717) is 22.7 Å². The fourth-order valence-corrected chi connectivity index (χ4v) is 4.52. The van der Waals surface area contributed by atoms with Gasteiger partial charge in [0.1, 0.15) is 0 Å². The van der Waals surface area contributed by atoms with Crippen molar-refractivity contribution in [2.24, 2.45) is 5.92 Å². The van der Waals surface area contributed by atoms with Gasteiger partial charge in [-0.3, -0.25) is 20.2 Å².